The molecule has 5 heteroatoms. The molecular weight excluding hydrogens is 378 g/mol. The smallest absolute Gasteiger partial charge is 0.226 e. The maximum Gasteiger partial charge on any atom is 0.226 e. The molecule has 0 aliphatic carbocycles. The van der Waals surface area contributed by atoms with Gasteiger partial charge in [-0.15, -0.1) is 11.3 Å². The van der Waals surface area contributed by atoms with E-state index in [2.05, 4.69) is 39.6 Å². The normalized spacial score (nSPS) is 10.8. The van der Waals surface area contributed by atoms with Crippen LogP contribution >= 0.6 is 11.3 Å². The molecule has 2 heterocycles. The largest absolute Gasteiger partial charge is 0.355 e. The number of hydrogen-bond donors (Lipinski definition) is 1. The number of carbonyl (C=O) groups excluding carboxylic acids is 1. The minimum Gasteiger partial charge on any atom is -0.355 e. The second-order valence-electron chi connectivity index (χ2n) is 6.74. The first-order valence-corrected chi connectivity index (χ1v) is 10.4. The van der Waals surface area contributed by atoms with Crippen molar-refractivity contribution in [1.82, 2.24) is 15.3 Å². The van der Waals surface area contributed by atoms with E-state index < -0.39 is 0 Å². The lowest BCUT2D eigenvalue weighted by molar-refractivity contribution is -0.120. The summed E-state index contributed by atoms with van der Waals surface area (Å²) < 4.78 is 0. The van der Waals surface area contributed by atoms with Gasteiger partial charge in [-0.3, -0.25) is 9.78 Å². The van der Waals surface area contributed by atoms with E-state index in [-0.39, 0.29) is 18.2 Å². The Morgan fingerprint density at radius 2 is 1.62 bits per heavy atom. The Balaban J connectivity index is 1.42. The molecule has 4 nitrogen and oxygen atoms in total. The van der Waals surface area contributed by atoms with Crippen molar-refractivity contribution in [2.75, 3.05) is 6.54 Å². The Morgan fingerprint density at radius 3 is 2.24 bits per heavy atom. The lowest BCUT2D eigenvalue weighted by atomic mass is 9.91. The van der Waals surface area contributed by atoms with Crippen LogP contribution in [0.2, 0.25) is 0 Å². The van der Waals surface area contributed by atoms with Crippen LogP contribution in [0.3, 0.4) is 0 Å². The van der Waals surface area contributed by atoms with E-state index >= 15 is 0 Å². The number of thiazole rings is 1. The highest BCUT2D eigenvalue weighted by Crippen LogP contribution is 2.24. The first-order chi connectivity index (χ1) is 14.3. The van der Waals surface area contributed by atoms with Crippen LogP contribution in [0.15, 0.2) is 90.6 Å². The van der Waals surface area contributed by atoms with Gasteiger partial charge in [-0.05, 0) is 23.3 Å². The Kier molecular flexibility index (Phi) is 6.07. The minimum atomic E-state index is -0.0232. The average Bonchev–Trinajstić information content (AvgIpc) is 3.24. The van der Waals surface area contributed by atoms with Gasteiger partial charge in [0.25, 0.3) is 0 Å². The van der Waals surface area contributed by atoms with Gasteiger partial charge in [0.1, 0.15) is 5.01 Å². The van der Waals surface area contributed by atoms with E-state index in [1.807, 2.05) is 53.9 Å². The topological polar surface area (TPSA) is 54.9 Å². The van der Waals surface area contributed by atoms with E-state index in [1.165, 1.54) is 22.5 Å². The van der Waals surface area contributed by atoms with Crippen LogP contribution in [-0.2, 0) is 11.2 Å². The third-order valence-corrected chi connectivity index (χ3v) is 5.65. The standard InChI is InChI=1S/C24H21N3OS/c28-23(14-21-17-29-24(27-21)20-12-7-13-25-15-20)26-16-22(18-8-3-1-4-9-18)19-10-5-2-6-11-19/h1-13,15,17,22H,14,16H2,(H,26,28). The third-order valence-electron chi connectivity index (χ3n) is 4.71. The number of aromatic nitrogens is 2. The molecule has 0 bridgehead atoms. The van der Waals surface area contributed by atoms with Crippen molar-refractivity contribution in [3.8, 4) is 10.6 Å². The monoisotopic (exact) mass is 399 g/mol. The van der Waals surface area contributed by atoms with Crippen LogP contribution in [0, 0.1) is 0 Å². The minimum absolute atomic E-state index is 0.0232. The van der Waals surface area contributed by atoms with Crippen molar-refractivity contribution in [2.45, 2.75) is 12.3 Å². The number of hydrogen-bond acceptors (Lipinski definition) is 4. The van der Waals surface area contributed by atoms with Crippen LogP contribution in [0.5, 0.6) is 0 Å². The number of pyridine rings is 1. The number of rotatable bonds is 7. The average molecular weight is 400 g/mol. The Hall–Kier alpha value is -3.31. The lowest BCUT2D eigenvalue weighted by Crippen LogP contribution is -2.30. The second kappa shape index (κ2) is 9.26. The summed E-state index contributed by atoms with van der Waals surface area (Å²) in [6, 6.07) is 24.4. The van der Waals surface area contributed by atoms with Crippen LogP contribution < -0.4 is 5.32 Å². The number of nitrogens with one attached hydrogen (secondary N) is 1. The fourth-order valence-electron chi connectivity index (χ4n) is 3.25. The van der Waals surface area contributed by atoms with E-state index in [0.717, 1.165) is 16.3 Å². The van der Waals surface area contributed by atoms with Crippen molar-refractivity contribution < 1.29 is 4.79 Å². The first-order valence-electron chi connectivity index (χ1n) is 9.51. The van der Waals surface area contributed by atoms with Crippen molar-refractivity contribution in [3.63, 3.8) is 0 Å². The number of carbonyl (C=O) groups is 1. The molecule has 4 aromatic rings. The summed E-state index contributed by atoms with van der Waals surface area (Å²) in [5.74, 6) is 0.0904. The highest BCUT2D eigenvalue weighted by Gasteiger charge is 2.16. The summed E-state index contributed by atoms with van der Waals surface area (Å²) in [5.41, 5.74) is 4.12. The molecule has 4 rings (SSSR count). The van der Waals surface area contributed by atoms with Crippen molar-refractivity contribution in [2.24, 2.45) is 0 Å². The molecule has 1 N–H and O–H groups in total. The van der Waals surface area contributed by atoms with Crippen LogP contribution in [-0.4, -0.2) is 22.4 Å². The zero-order chi connectivity index (χ0) is 19.9. The summed E-state index contributed by atoms with van der Waals surface area (Å²) in [6.07, 6.45) is 3.79. The summed E-state index contributed by atoms with van der Waals surface area (Å²) >= 11 is 1.53. The van der Waals surface area contributed by atoms with Gasteiger partial charge in [-0.2, -0.15) is 0 Å². The van der Waals surface area contributed by atoms with Crippen molar-refractivity contribution >= 4 is 17.2 Å². The fourth-order valence-corrected chi connectivity index (χ4v) is 4.06. The molecule has 0 unspecified atom stereocenters. The molecule has 0 saturated carbocycles. The fraction of sp³-hybridized carbons (Fsp3) is 0.125. The van der Waals surface area contributed by atoms with E-state index in [9.17, 15) is 4.79 Å². The third kappa shape index (κ3) is 4.95. The highest BCUT2D eigenvalue weighted by atomic mass is 32.1. The maximum absolute atomic E-state index is 12.6. The van der Waals surface area contributed by atoms with Gasteiger partial charge in [0.15, 0.2) is 0 Å². The molecule has 0 radical (unpaired) electrons. The highest BCUT2D eigenvalue weighted by molar-refractivity contribution is 7.13. The predicted molar refractivity (Wildman–Crippen MR) is 117 cm³/mol. The zero-order valence-electron chi connectivity index (χ0n) is 15.9. The van der Waals surface area contributed by atoms with Gasteiger partial charge in [-0.25, -0.2) is 4.98 Å². The summed E-state index contributed by atoms with van der Waals surface area (Å²) in [5, 5.41) is 5.91. The molecule has 1 amide bonds. The second-order valence-corrected chi connectivity index (χ2v) is 7.60. The molecule has 2 aromatic heterocycles. The molecule has 0 spiro atoms. The van der Waals surface area contributed by atoms with E-state index in [4.69, 9.17) is 0 Å². The van der Waals surface area contributed by atoms with E-state index in [1.54, 1.807) is 12.4 Å². The summed E-state index contributed by atoms with van der Waals surface area (Å²) in [6.45, 7) is 0.548. The van der Waals surface area contributed by atoms with Gasteiger partial charge in [0.2, 0.25) is 5.91 Å². The molecule has 0 aliphatic rings. The van der Waals surface area contributed by atoms with Gasteiger partial charge in [-0.1, -0.05) is 60.7 Å². The molecule has 0 aliphatic heterocycles. The first kappa shape index (κ1) is 19.0. The Bertz CT molecular complexity index is 1010. The van der Waals surface area contributed by atoms with Gasteiger partial charge in [0.05, 0.1) is 12.1 Å². The zero-order valence-corrected chi connectivity index (χ0v) is 16.7. The number of nitrogens with zero attached hydrogens (tertiary/aromatic N) is 2. The van der Waals surface area contributed by atoms with Crippen LogP contribution in [0.4, 0.5) is 0 Å². The Labute approximate surface area is 174 Å². The summed E-state index contributed by atoms with van der Waals surface area (Å²) in [7, 11) is 0. The molecule has 144 valence electrons. The van der Waals surface area contributed by atoms with Crippen LogP contribution in [0.1, 0.15) is 22.7 Å². The van der Waals surface area contributed by atoms with Crippen molar-refractivity contribution in [1.29, 1.82) is 0 Å². The summed E-state index contributed by atoms with van der Waals surface area (Å²) in [4.78, 5) is 21.3. The van der Waals surface area contributed by atoms with Gasteiger partial charge < -0.3 is 5.32 Å². The Morgan fingerprint density at radius 1 is 0.931 bits per heavy atom. The maximum atomic E-state index is 12.6. The molecule has 0 fully saturated rings. The molecule has 29 heavy (non-hydrogen) atoms. The lowest BCUT2D eigenvalue weighted by Gasteiger charge is -2.18. The molecule has 0 saturated heterocycles. The van der Waals surface area contributed by atoms with Crippen LogP contribution in [0.25, 0.3) is 10.6 Å². The molecular formula is C24H21N3OS. The molecule has 2 aromatic carbocycles. The SMILES string of the molecule is O=C(Cc1csc(-c2cccnc2)n1)NCC(c1ccccc1)c1ccccc1. The van der Waals surface area contributed by atoms with Gasteiger partial charge in [0, 0.05) is 35.8 Å². The van der Waals surface area contributed by atoms with E-state index in [0.29, 0.717) is 6.54 Å². The number of amides is 1. The molecule has 0 atom stereocenters. The quantitative estimate of drug-likeness (QED) is 0.490. The predicted octanol–water partition coefficient (Wildman–Crippen LogP) is 4.70. The van der Waals surface area contributed by atoms with Crippen molar-refractivity contribution in [3.05, 3.63) is 107 Å². The number of benzene rings is 2. The van der Waals surface area contributed by atoms with Gasteiger partial charge >= 0.3 is 0 Å².